The lowest BCUT2D eigenvalue weighted by Gasteiger charge is -2.29. The second-order valence-corrected chi connectivity index (χ2v) is 29.5. The van der Waals surface area contributed by atoms with Crippen LogP contribution in [-0.2, 0) is 0 Å². The number of hydrogen-bond acceptors (Lipinski definition) is 8. The summed E-state index contributed by atoms with van der Waals surface area (Å²) in [6.07, 6.45) is 0. The van der Waals surface area contributed by atoms with Gasteiger partial charge in [-0.25, -0.2) is 0 Å². The summed E-state index contributed by atoms with van der Waals surface area (Å²) in [6.45, 7) is 0. The zero-order valence-corrected chi connectivity index (χ0v) is 62.8. The highest BCUT2D eigenvalue weighted by atomic mass is 16.3. The summed E-state index contributed by atoms with van der Waals surface area (Å²) >= 11 is 0. The van der Waals surface area contributed by atoms with E-state index in [1.807, 2.05) is 48.5 Å². The number of furan rings is 4. The second-order valence-electron chi connectivity index (χ2n) is 29.5. The minimum atomic E-state index is 0.876. The fourth-order valence-corrected chi connectivity index (χ4v) is 17.0. The molecule has 0 amide bonds. The van der Waals surface area contributed by atoms with Crippen LogP contribution in [0, 0.1) is 0 Å². The van der Waals surface area contributed by atoms with E-state index >= 15 is 0 Å². The van der Waals surface area contributed by atoms with Crippen LogP contribution in [0.5, 0.6) is 0 Å². The van der Waals surface area contributed by atoms with Crippen LogP contribution in [0.25, 0.3) is 143 Å². The van der Waals surface area contributed by atoms with Gasteiger partial charge in [0.05, 0.1) is 0 Å². The average Bonchev–Trinajstić information content (AvgIpc) is 1.34. The van der Waals surface area contributed by atoms with Crippen molar-refractivity contribution >= 4 is 156 Å². The van der Waals surface area contributed by atoms with Crippen LogP contribution >= 0.6 is 0 Å². The molecule has 22 aromatic rings. The highest BCUT2D eigenvalue weighted by Crippen LogP contribution is 2.47. The molecule has 0 fully saturated rings. The van der Waals surface area contributed by atoms with Crippen molar-refractivity contribution in [1.29, 1.82) is 0 Å². The Balaban J connectivity index is 0.596. The van der Waals surface area contributed by atoms with Crippen molar-refractivity contribution in [1.82, 2.24) is 0 Å². The molecule has 4 aromatic heterocycles. The van der Waals surface area contributed by atoms with E-state index in [4.69, 9.17) is 17.7 Å². The van der Waals surface area contributed by atoms with Crippen LogP contribution in [0.3, 0.4) is 0 Å². The zero-order chi connectivity index (χ0) is 76.6. The summed E-state index contributed by atoms with van der Waals surface area (Å²) in [5.41, 5.74) is 30.2. The van der Waals surface area contributed by atoms with Gasteiger partial charge in [-0.2, -0.15) is 0 Å². The third kappa shape index (κ3) is 12.0. The minimum Gasteiger partial charge on any atom is -0.456 e. The van der Waals surface area contributed by atoms with Crippen LogP contribution < -0.4 is 19.6 Å². The Hall–Kier alpha value is -15.6. The minimum absolute atomic E-state index is 0.876. The lowest BCUT2D eigenvalue weighted by molar-refractivity contribution is 0.668. The first kappa shape index (κ1) is 67.3. The van der Waals surface area contributed by atoms with Gasteiger partial charge in [-0.15, -0.1) is 0 Å². The quantitative estimate of drug-likeness (QED) is 0.0894. The first-order valence-electron chi connectivity index (χ1n) is 39.2. The molecular formula is C108H70N4O4. The largest absolute Gasteiger partial charge is 0.456 e. The Morgan fingerprint density at radius 1 is 0.129 bits per heavy atom. The number of hydrogen-bond donors (Lipinski definition) is 0. The van der Waals surface area contributed by atoms with Crippen molar-refractivity contribution in [2.75, 3.05) is 19.6 Å². The maximum Gasteiger partial charge on any atom is 0.143 e. The lowest BCUT2D eigenvalue weighted by Crippen LogP contribution is -2.12. The monoisotopic (exact) mass is 1490 g/mol. The summed E-state index contributed by atoms with van der Waals surface area (Å²) < 4.78 is 25.8. The van der Waals surface area contributed by atoms with Gasteiger partial charge in [-0.3, -0.25) is 0 Å². The predicted molar refractivity (Wildman–Crippen MR) is 481 cm³/mol. The van der Waals surface area contributed by atoms with Crippen LogP contribution in [0.15, 0.2) is 442 Å². The van der Waals surface area contributed by atoms with Crippen molar-refractivity contribution in [2.24, 2.45) is 0 Å². The van der Waals surface area contributed by atoms with Gasteiger partial charge >= 0.3 is 0 Å². The predicted octanol–water partition coefficient (Wildman–Crippen LogP) is 31.5. The Morgan fingerprint density at radius 2 is 0.336 bits per heavy atom. The Kier molecular flexibility index (Phi) is 16.4. The Labute approximate surface area is 669 Å². The van der Waals surface area contributed by atoms with E-state index in [0.29, 0.717) is 0 Å². The number of rotatable bonds is 17. The van der Waals surface area contributed by atoms with Gasteiger partial charge in [0.25, 0.3) is 0 Å². The van der Waals surface area contributed by atoms with Gasteiger partial charge in [0.15, 0.2) is 0 Å². The fourth-order valence-electron chi connectivity index (χ4n) is 17.0. The van der Waals surface area contributed by atoms with Gasteiger partial charge in [0.1, 0.15) is 44.7 Å². The molecule has 116 heavy (non-hydrogen) atoms. The lowest BCUT2D eigenvalue weighted by atomic mass is 10.0. The van der Waals surface area contributed by atoms with Crippen molar-refractivity contribution in [3.05, 3.63) is 425 Å². The number of anilines is 12. The Bertz CT molecular complexity index is 6950. The fraction of sp³-hybridized carbons (Fsp3) is 0. The molecule has 0 radical (unpaired) electrons. The van der Waals surface area contributed by atoms with Gasteiger partial charge < -0.3 is 37.3 Å². The third-order valence-electron chi connectivity index (χ3n) is 22.7. The second kappa shape index (κ2) is 28.3. The molecular weight excluding hydrogens is 1420 g/mol. The Morgan fingerprint density at radius 3 is 0.638 bits per heavy atom. The highest BCUT2D eigenvalue weighted by Gasteiger charge is 2.23. The summed E-state index contributed by atoms with van der Waals surface area (Å²) in [4.78, 5) is 9.32. The summed E-state index contributed by atoms with van der Waals surface area (Å²) in [6, 6.07) is 151. The highest BCUT2D eigenvalue weighted by molar-refractivity contribution is 6.12. The van der Waals surface area contributed by atoms with E-state index < -0.39 is 0 Å². The molecule has 0 N–H and O–H groups in total. The van der Waals surface area contributed by atoms with E-state index in [1.54, 1.807) is 0 Å². The summed E-state index contributed by atoms with van der Waals surface area (Å²) in [5, 5.41) is 8.89. The van der Waals surface area contributed by atoms with Crippen LogP contribution in [0.2, 0.25) is 0 Å². The van der Waals surface area contributed by atoms with Gasteiger partial charge in [-0.1, -0.05) is 231 Å². The van der Waals surface area contributed by atoms with E-state index in [0.717, 1.165) is 212 Å². The zero-order valence-electron chi connectivity index (χ0n) is 62.8. The summed E-state index contributed by atoms with van der Waals surface area (Å²) in [5.74, 6) is 0. The molecule has 0 unspecified atom stereocenters. The number of fused-ring (bicyclic) bond motifs is 12. The van der Waals surface area contributed by atoms with Gasteiger partial charge in [0.2, 0.25) is 0 Å². The topological polar surface area (TPSA) is 65.5 Å². The molecule has 0 aliphatic rings. The van der Waals surface area contributed by atoms with E-state index in [-0.39, 0.29) is 0 Å². The molecule has 0 bridgehead atoms. The normalized spacial score (nSPS) is 11.6. The van der Waals surface area contributed by atoms with Crippen molar-refractivity contribution in [2.45, 2.75) is 0 Å². The van der Waals surface area contributed by atoms with Crippen molar-refractivity contribution < 1.29 is 17.7 Å². The molecule has 8 heteroatoms. The molecule has 546 valence electrons. The van der Waals surface area contributed by atoms with Crippen molar-refractivity contribution in [3.63, 3.8) is 0 Å². The molecule has 18 aromatic carbocycles. The average molecular weight is 1490 g/mol. The smallest absolute Gasteiger partial charge is 0.143 e. The molecule has 8 nitrogen and oxygen atoms in total. The SMILES string of the molecule is c1ccc(N(c2ccc(-c3ccc4c(c3)oc3ccccc34)cc2)c2ccc(N(c3ccc(-c4ccc(N(c5ccc(-c6cccc7c6oc6ccccc67)cc5)c5ccc(N(c6ccccc6)c6ccc(-c7ccc8c(c7)oc7ccccc78)cc6)cc5)cc4)cc3)c3ccc(-c4cccc5c4oc4ccccc45)cc3)cc2)cc1. The number of benzene rings is 18. The maximum atomic E-state index is 6.58. The van der Waals surface area contributed by atoms with E-state index in [1.165, 1.54) is 0 Å². The molecule has 0 spiro atoms. The first-order chi connectivity index (χ1) is 57.5. The molecule has 0 aliphatic carbocycles. The van der Waals surface area contributed by atoms with Crippen LogP contribution in [0.1, 0.15) is 0 Å². The van der Waals surface area contributed by atoms with E-state index in [2.05, 4.69) is 396 Å². The molecule has 0 atom stereocenters. The summed E-state index contributed by atoms with van der Waals surface area (Å²) in [7, 11) is 0. The van der Waals surface area contributed by atoms with Gasteiger partial charge in [0, 0.05) is 122 Å². The standard InChI is InChI=1S/C108H70N4O4/c1-3-17-79(18-4-1)109(81-51-37-73(38-52-81)77-45-67-97-93-21-7-11-29-101(93)113-105(97)69-77)87-59-63-89(64-60-87)111(85-55-41-75(42-56-85)91-25-15-27-99-95-23-9-13-31-103(95)115-107(91)99)83-47-33-71(34-48-83)72-35-49-84(50-36-72)112(86-57-43-76(44-58-86)92-26-16-28-100-96-24-10-14-32-104(96)116-108(92)100)90-65-61-88(62-66-90)110(80-19-5-2-6-20-80)82-53-39-74(40-54-82)78-46-68-98-94-22-8-12-30-102(94)114-106(98)70-78/h1-70H. The molecule has 22 rings (SSSR count). The van der Waals surface area contributed by atoms with Gasteiger partial charge in [-0.05, 0) is 239 Å². The first-order valence-corrected chi connectivity index (χ1v) is 39.2. The number of nitrogens with zero attached hydrogens (tertiary/aromatic N) is 4. The molecule has 0 saturated heterocycles. The maximum absolute atomic E-state index is 6.58. The van der Waals surface area contributed by atoms with Crippen LogP contribution in [-0.4, -0.2) is 0 Å². The van der Waals surface area contributed by atoms with Crippen molar-refractivity contribution in [3.8, 4) is 55.6 Å². The molecule has 0 saturated carbocycles. The van der Waals surface area contributed by atoms with E-state index in [9.17, 15) is 0 Å². The number of para-hydroxylation sites is 8. The third-order valence-corrected chi connectivity index (χ3v) is 22.7. The van der Waals surface area contributed by atoms with Crippen LogP contribution in [0.4, 0.5) is 68.2 Å². The molecule has 0 aliphatic heterocycles. The molecule has 4 heterocycles.